The number of hydrogen-bond acceptors (Lipinski definition) is 3. The Kier molecular flexibility index (Phi) is 4.15. The van der Waals surface area contributed by atoms with Crippen molar-refractivity contribution in [3.05, 3.63) is 15.8 Å². The minimum absolute atomic E-state index is 0.363. The van der Waals surface area contributed by atoms with Crippen LogP contribution in [0.4, 0.5) is 5.69 Å². The van der Waals surface area contributed by atoms with Gasteiger partial charge in [0.15, 0.2) is 0 Å². The van der Waals surface area contributed by atoms with Crippen LogP contribution in [0.15, 0.2) is 5.38 Å². The second kappa shape index (κ2) is 5.16. The fourth-order valence-corrected chi connectivity index (χ4v) is 2.42. The van der Waals surface area contributed by atoms with Gasteiger partial charge in [-0.2, -0.15) is 0 Å². The molecule has 0 unspecified atom stereocenters. The van der Waals surface area contributed by atoms with E-state index in [2.05, 4.69) is 26.1 Å². The molecule has 0 fully saturated rings. The number of carboxylic acid groups (broad SMARTS) is 1. The molecule has 84 valence electrons. The van der Waals surface area contributed by atoms with Gasteiger partial charge in [0.05, 0.1) is 11.3 Å². The van der Waals surface area contributed by atoms with Crippen LogP contribution in [0, 0.1) is 0 Å². The first-order valence-electron chi connectivity index (χ1n) is 5.16. The fourth-order valence-electron chi connectivity index (χ4n) is 1.39. The topological polar surface area (TPSA) is 49.3 Å². The Morgan fingerprint density at radius 1 is 1.60 bits per heavy atom. The Morgan fingerprint density at radius 3 is 2.73 bits per heavy atom. The van der Waals surface area contributed by atoms with Crippen LogP contribution in [0.1, 0.15) is 48.3 Å². The van der Waals surface area contributed by atoms with Crippen LogP contribution in [0.25, 0.3) is 0 Å². The Hall–Kier alpha value is -1.03. The molecule has 0 atom stereocenters. The Morgan fingerprint density at radius 2 is 2.27 bits per heavy atom. The molecule has 15 heavy (non-hydrogen) atoms. The van der Waals surface area contributed by atoms with Crippen LogP contribution >= 0.6 is 11.3 Å². The van der Waals surface area contributed by atoms with Gasteiger partial charge >= 0.3 is 5.97 Å². The molecule has 2 N–H and O–H groups in total. The van der Waals surface area contributed by atoms with Crippen LogP contribution in [-0.4, -0.2) is 17.6 Å². The highest BCUT2D eigenvalue weighted by molar-refractivity contribution is 7.11. The van der Waals surface area contributed by atoms with Crippen LogP contribution in [-0.2, 0) is 0 Å². The van der Waals surface area contributed by atoms with Gasteiger partial charge < -0.3 is 10.4 Å². The third-order valence-corrected chi connectivity index (χ3v) is 3.41. The zero-order valence-corrected chi connectivity index (χ0v) is 10.1. The molecule has 0 aliphatic heterocycles. The molecule has 0 amide bonds. The smallest absolute Gasteiger partial charge is 0.338 e. The van der Waals surface area contributed by atoms with Gasteiger partial charge in [0.25, 0.3) is 0 Å². The molecule has 0 aliphatic rings. The minimum atomic E-state index is -0.850. The van der Waals surface area contributed by atoms with Crippen molar-refractivity contribution in [2.75, 3.05) is 11.9 Å². The molecule has 1 aromatic rings. The second-order valence-electron chi connectivity index (χ2n) is 3.78. The number of aromatic carboxylic acids is 1. The van der Waals surface area contributed by atoms with E-state index >= 15 is 0 Å². The van der Waals surface area contributed by atoms with Crippen molar-refractivity contribution in [2.45, 2.75) is 33.1 Å². The standard InChI is InChI=1S/C11H17NO2S/c1-4-5-12-9-8(11(13)14)6-15-10(9)7(2)3/h6-7,12H,4-5H2,1-3H3,(H,13,14). The third kappa shape index (κ3) is 2.72. The van der Waals surface area contributed by atoms with Crippen molar-refractivity contribution in [1.29, 1.82) is 0 Å². The van der Waals surface area contributed by atoms with Crippen molar-refractivity contribution < 1.29 is 9.90 Å². The van der Waals surface area contributed by atoms with Gasteiger partial charge in [0, 0.05) is 16.8 Å². The van der Waals surface area contributed by atoms with Gasteiger partial charge in [-0.1, -0.05) is 20.8 Å². The second-order valence-corrected chi connectivity index (χ2v) is 4.69. The summed E-state index contributed by atoms with van der Waals surface area (Å²) in [6.07, 6.45) is 0.993. The summed E-state index contributed by atoms with van der Waals surface area (Å²) in [7, 11) is 0. The van der Waals surface area contributed by atoms with E-state index < -0.39 is 5.97 Å². The van der Waals surface area contributed by atoms with Crippen molar-refractivity contribution in [1.82, 2.24) is 0 Å². The molecule has 3 nitrogen and oxygen atoms in total. The van der Waals surface area contributed by atoms with Crippen molar-refractivity contribution in [3.63, 3.8) is 0 Å². The first-order valence-corrected chi connectivity index (χ1v) is 6.04. The number of carbonyl (C=O) groups is 1. The van der Waals surface area contributed by atoms with Crippen LogP contribution in [0.5, 0.6) is 0 Å². The van der Waals surface area contributed by atoms with Gasteiger partial charge in [-0.25, -0.2) is 4.79 Å². The maximum absolute atomic E-state index is 11.0. The van der Waals surface area contributed by atoms with Crippen molar-refractivity contribution >= 4 is 23.0 Å². The minimum Gasteiger partial charge on any atom is -0.478 e. The summed E-state index contributed by atoms with van der Waals surface area (Å²) < 4.78 is 0. The first-order chi connectivity index (χ1) is 7.07. The number of nitrogens with one attached hydrogen (secondary N) is 1. The molecular weight excluding hydrogens is 210 g/mol. The lowest BCUT2D eigenvalue weighted by Crippen LogP contribution is -2.06. The van der Waals surface area contributed by atoms with Crippen LogP contribution in [0.3, 0.4) is 0 Å². The lowest BCUT2D eigenvalue weighted by molar-refractivity contribution is 0.0698. The predicted octanol–water partition coefficient (Wildman–Crippen LogP) is 3.39. The molecular formula is C11H17NO2S. The number of hydrogen-bond donors (Lipinski definition) is 2. The highest BCUT2D eigenvalue weighted by Crippen LogP contribution is 2.34. The van der Waals surface area contributed by atoms with Crippen molar-refractivity contribution in [3.8, 4) is 0 Å². The molecule has 0 spiro atoms. The Balaban J connectivity index is 3.03. The molecule has 0 aromatic carbocycles. The van der Waals surface area contributed by atoms with E-state index in [9.17, 15) is 4.79 Å². The summed E-state index contributed by atoms with van der Waals surface area (Å²) in [5.41, 5.74) is 1.21. The molecule has 1 rings (SSSR count). The van der Waals surface area contributed by atoms with E-state index in [1.165, 1.54) is 11.3 Å². The summed E-state index contributed by atoms with van der Waals surface area (Å²) in [5.74, 6) is -0.487. The van der Waals surface area contributed by atoms with Crippen molar-refractivity contribution in [2.24, 2.45) is 0 Å². The van der Waals surface area contributed by atoms with Gasteiger partial charge in [-0.15, -0.1) is 11.3 Å². The molecule has 0 radical (unpaired) electrons. The van der Waals surface area contributed by atoms with Gasteiger partial charge in [0.1, 0.15) is 0 Å². The number of carboxylic acids is 1. The van der Waals surface area contributed by atoms with E-state index in [0.29, 0.717) is 11.5 Å². The summed E-state index contributed by atoms with van der Waals surface area (Å²) in [4.78, 5) is 12.1. The average molecular weight is 227 g/mol. The van der Waals surface area contributed by atoms with Gasteiger partial charge in [-0.05, 0) is 12.3 Å². The molecule has 1 heterocycles. The van der Waals surface area contributed by atoms with E-state index in [1.54, 1.807) is 5.38 Å². The third-order valence-electron chi connectivity index (χ3n) is 2.13. The fraction of sp³-hybridized carbons (Fsp3) is 0.545. The van der Waals surface area contributed by atoms with Gasteiger partial charge in [0.2, 0.25) is 0 Å². The van der Waals surface area contributed by atoms with E-state index in [1.807, 2.05) is 0 Å². The average Bonchev–Trinajstić information content (AvgIpc) is 2.57. The summed E-state index contributed by atoms with van der Waals surface area (Å²) in [6.45, 7) is 7.04. The number of thiophene rings is 1. The molecule has 0 saturated heterocycles. The molecule has 1 aromatic heterocycles. The predicted molar refractivity (Wildman–Crippen MR) is 64.1 cm³/mol. The molecule has 0 bridgehead atoms. The highest BCUT2D eigenvalue weighted by atomic mass is 32.1. The van der Waals surface area contributed by atoms with Gasteiger partial charge in [-0.3, -0.25) is 0 Å². The SMILES string of the molecule is CCCNc1c(C(=O)O)csc1C(C)C. The molecule has 4 heteroatoms. The van der Waals surface area contributed by atoms with Crippen LogP contribution < -0.4 is 5.32 Å². The summed E-state index contributed by atoms with van der Waals surface area (Å²) in [6, 6.07) is 0. The number of anilines is 1. The molecule has 0 saturated carbocycles. The molecule has 0 aliphatic carbocycles. The maximum Gasteiger partial charge on any atom is 0.338 e. The lowest BCUT2D eigenvalue weighted by atomic mass is 10.1. The highest BCUT2D eigenvalue weighted by Gasteiger charge is 2.18. The maximum atomic E-state index is 11.0. The zero-order chi connectivity index (χ0) is 11.4. The quantitative estimate of drug-likeness (QED) is 0.810. The van der Waals surface area contributed by atoms with E-state index in [0.717, 1.165) is 23.5 Å². The van der Waals surface area contributed by atoms with Crippen LogP contribution in [0.2, 0.25) is 0 Å². The Bertz CT molecular complexity index is 344. The van der Waals surface area contributed by atoms with E-state index in [4.69, 9.17) is 5.11 Å². The number of rotatable bonds is 5. The normalized spacial score (nSPS) is 10.7. The summed E-state index contributed by atoms with van der Waals surface area (Å²) in [5, 5.41) is 13.9. The largest absolute Gasteiger partial charge is 0.478 e. The van der Waals surface area contributed by atoms with E-state index in [-0.39, 0.29) is 0 Å². The monoisotopic (exact) mass is 227 g/mol. The Labute approximate surface area is 94.1 Å². The first kappa shape index (κ1) is 12.0. The summed E-state index contributed by atoms with van der Waals surface area (Å²) >= 11 is 1.52. The zero-order valence-electron chi connectivity index (χ0n) is 9.33. The lowest BCUT2D eigenvalue weighted by Gasteiger charge is -2.10.